The normalized spacial score (nSPS) is 20.1. The van der Waals surface area contributed by atoms with Gasteiger partial charge < -0.3 is 15.1 Å². The minimum Gasteiger partial charge on any atom is -0.352 e. The van der Waals surface area contributed by atoms with Gasteiger partial charge in [0, 0.05) is 18.3 Å². The van der Waals surface area contributed by atoms with Crippen LogP contribution in [-0.2, 0) is 4.79 Å². The second kappa shape index (κ2) is 6.98. The van der Waals surface area contributed by atoms with Gasteiger partial charge in [0.25, 0.3) is 0 Å². The molecule has 0 bridgehead atoms. The first-order chi connectivity index (χ1) is 10.3. The molecular weight excluding hydrogens is 302 g/mol. The highest BCUT2D eigenvalue weighted by molar-refractivity contribution is 6.30. The van der Waals surface area contributed by atoms with Crippen molar-refractivity contribution in [3.8, 4) is 0 Å². The molecule has 1 fully saturated rings. The number of halogens is 1. The molecule has 0 unspecified atom stereocenters. The number of nitrogens with zero attached hydrogens (tertiary/aromatic N) is 4. The third-order valence-corrected chi connectivity index (χ3v) is 5.00. The predicted molar refractivity (Wildman–Crippen MR) is 88.1 cm³/mol. The maximum atomic E-state index is 12.4. The third-order valence-electron chi connectivity index (χ3n) is 4.80. The van der Waals surface area contributed by atoms with Crippen molar-refractivity contribution in [3.63, 3.8) is 0 Å². The topological polar surface area (TPSA) is 53.4 Å². The Morgan fingerprint density at radius 1 is 1.50 bits per heavy atom. The quantitative estimate of drug-likeness (QED) is 0.884. The van der Waals surface area contributed by atoms with Gasteiger partial charge in [-0.25, -0.2) is 0 Å². The van der Waals surface area contributed by atoms with Crippen LogP contribution in [-0.4, -0.2) is 71.8 Å². The van der Waals surface area contributed by atoms with E-state index in [1.165, 1.54) is 0 Å². The molecule has 1 aromatic rings. The highest BCUT2D eigenvalue weighted by atomic mass is 35.5. The molecule has 0 radical (unpaired) electrons. The van der Waals surface area contributed by atoms with E-state index in [0.29, 0.717) is 11.6 Å². The van der Waals surface area contributed by atoms with Crippen molar-refractivity contribution >= 4 is 17.5 Å². The van der Waals surface area contributed by atoms with Crippen LogP contribution in [0.2, 0.25) is 5.02 Å². The van der Waals surface area contributed by atoms with Gasteiger partial charge in [0.15, 0.2) is 0 Å². The van der Waals surface area contributed by atoms with Crippen molar-refractivity contribution in [2.24, 2.45) is 0 Å². The Hall–Kier alpha value is -1.11. The molecule has 1 aromatic heterocycles. The van der Waals surface area contributed by atoms with E-state index < -0.39 is 0 Å². The number of aromatic nitrogens is 2. The van der Waals surface area contributed by atoms with Gasteiger partial charge in [-0.1, -0.05) is 11.6 Å². The highest BCUT2D eigenvalue weighted by Crippen LogP contribution is 2.26. The third kappa shape index (κ3) is 3.80. The van der Waals surface area contributed by atoms with Crippen LogP contribution in [0.3, 0.4) is 0 Å². The molecule has 1 saturated heterocycles. The summed E-state index contributed by atoms with van der Waals surface area (Å²) in [6, 6.07) is -0.363. The van der Waals surface area contributed by atoms with Gasteiger partial charge in [-0.15, -0.1) is 0 Å². The molecule has 124 valence electrons. The fourth-order valence-corrected chi connectivity index (χ4v) is 3.01. The van der Waals surface area contributed by atoms with E-state index in [9.17, 15) is 4.79 Å². The molecule has 1 aliphatic heterocycles. The molecule has 22 heavy (non-hydrogen) atoms. The number of nitrogens with one attached hydrogen (secondary N) is 1. The summed E-state index contributed by atoms with van der Waals surface area (Å²) in [5.41, 5.74) is 0.0314. The molecule has 7 heteroatoms. The molecule has 6 nitrogen and oxygen atoms in total. The van der Waals surface area contributed by atoms with Crippen LogP contribution >= 0.6 is 11.6 Å². The zero-order chi connectivity index (χ0) is 16.3. The van der Waals surface area contributed by atoms with E-state index in [1.54, 1.807) is 17.1 Å². The van der Waals surface area contributed by atoms with Crippen LogP contribution in [0.4, 0.5) is 0 Å². The fourth-order valence-electron chi connectivity index (χ4n) is 2.86. The van der Waals surface area contributed by atoms with Gasteiger partial charge in [-0.3, -0.25) is 9.48 Å². The van der Waals surface area contributed by atoms with E-state index in [4.69, 9.17) is 11.6 Å². The van der Waals surface area contributed by atoms with E-state index >= 15 is 0 Å². The van der Waals surface area contributed by atoms with Gasteiger partial charge >= 0.3 is 0 Å². The lowest BCUT2D eigenvalue weighted by atomic mass is 9.86. The zero-order valence-corrected chi connectivity index (χ0v) is 14.6. The van der Waals surface area contributed by atoms with Crippen LogP contribution in [0.15, 0.2) is 12.4 Å². The van der Waals surface area contributed by atoms with Gasteiger partial charge in [0.1, 0.15) is 6.04 Å². The second-order valence-electron chi connectivity index (χ2n) is 6.45. The van der Waals surface area contributed by atoms with Crippen molar-refractivity contribution < 1.29 is 4.79 Å². The molecule has 2 heterocycles. The summed E-state index contributed by atoms with van der Waals surface area (Å²) in [7, 11) is 6.32. The summed E-state index contributed by atoms with van der Waals surface area (Å²) in [5.74, 6) is -0.0279. The summed E-state index contributed by atoms with van der Waals surface area (Å²) in [5, 5.41) is 7.74. The maximum absolute atomic E-state index is 12.4. The summed E-state index contributed by atoms with van der Waals surface area (Å²) >= 11 is 5.86. The number of carbonyl (C=O) groups is 1. The Morgan fingerprint density at radius 2 is 2.14 bits per heavy atom. The maximum Gasteiger partial charge on any atom is 0.244 e. The standard InChI is InChI=1S/C15H26ClN5O/c1-12(21-10-13(16)9-18-21)14(22)17-11-15(19(2)3)5-7-20(4)8-6-15/h9-10,12H,5-8,11H2,1-4H3,(H,17,22)/t12-/m1/s1. The monoisotopic (exact) mass is 327 g/mol. The van der Waals surface area contributed by atoms with E-state index in [-0.39, 0.29) is 17.5 Å². The Labute approximate surface area is 137 Å². The molecule has 2 rings (SSSR count). The Kier molecular flexibility index (Phi) is 5.47. The number of amides is 1. The summed E-state index contributed by atoms with van der Waals surface area (Å²) < 4.78 is 1.59. The molecule has 0 aromatic carbocycles. The first-order valence-electron chi connectivity index (χ1n) is 7.67. The van der Waals surface area contributed by atoms with Gasteiger partial charge in [0.05, 0.1) is 11.2 Å². The lowest BCUT2D eigenvalue weighted by molar-refractivity contribution is -0.125. The Balaban J connectivity index is 1.96. The van der Waals surface area contributed by atoms with Crippen LogP contribution in [0.25, 0.3) is 0 Å². The lowest BCUT2D eigenvalue weighted by Gasteiger charge is -2.45. The molecule has 1 atom stereocenters. The summed E-state index contributed by atoms with van der Waals surface area (Å²) in [6.45, 7) is 4.60. The molecule has 1 amide bonds. The van der Waals surface area contributed by atoms with Gasteiger partial charge in [-0.2, -0.15) is 5.10 Å². The molecular formula is C15H26ClN5O. The van der Waals surface area contributed by atoms with Crippen molar-refractivity contribution in [1.29, 1.82) is 0 Å². The second-order valence-corrected chi connectivity index (χ2v) is 6.89. The molecule has 0 aliphatic carbocycles. The average molecular weight is 328 g/mol. The number of hydrogen-bond donors (Lipinski definition) is 1. The number of carbonyl (C=O) groups excluding carboxylic acids is 1. The van der Waals surface area contributed by atoms with Crippen LogP contribution in [0, 0.1) is 0 Å². The predicted octanol–water partition coefficient (Wildman–Crippen LogP) is 1.24. The minimum atomic E-state index is -0.363. The van der Waals surface area contributed by atoms with Crippen LogP contribution < -0.4 is 5.32 Å². The number of rotatable bonds is 5. The Morgan fingerprint density at radius 3 is 2.64 bits per heavy atom. The van der Waals surface area contributed by atoms with Crippen molar-refractivity contribution in [1.82, 2.24) is 24.9 Å². The SMILES string of the molecule is C[C@H](C(=O)NCC1(N(C)C)CCN(C)CC1)n1cc(Cl)cn1. The molecule has 1 N–H and O–H groups in total. The van der Waals surface area contributed by atoms with Gasteiger partial charge in [-0.05, 0) is 54.0 Å². The van der Waals surface area contributed by atoms with Crippen LogP contribution in [0.1, 0.15) is 25.8 Å². The number of piperidine rings is 1. The summed E-state index contributed by atoms with van der Waals surface area (Å²) in [6.07, 6.45) is 5.32. The van der Waals surface area contributed by atoms with Crippen LogP contribution in [0.5, 0.6) is 0 Å². The molecule has 1 aliphatic rings. The van der Waals surface area contributed by atoms with E-state index in [1.807, 2.05) is 6.92 Å². The number of likely N-dealkylation sites (N-methyl/N-ethyl adjacent to an activating group) is 1. The van der Waals surface area contributed by atoms with Crippen molar-refractivity contribution in [3.05, 3.63) is 17.4 Å². The number of likely N-dealkylation sites (tertiary alicyclic amines) is 1. The van der Waals surface area contributed by atoms with E-state index in [0.717, 1.165) is 25.9 Å². The smallest absolute Gasteiger partial charge is 0.244 e. The summed E-state index contributed by atoms with van der Waals surface area (Å²) in [4.78, 5) is 17.0. The average Bonchev–Trinajstić information content (AvgIpc) is 2.92. The first-order valence-corrected chi connectivity index (χ1v) is 8.05. The van der Waals surface area contributed by atoms with Crippen molar-refractivity contribution in [2.45, 2.75) is 31.3 Å². The van der Waals surface area contributed by atoms with Gasteiger partial charge in [0.2, 0.25) is 5.91 Å². The Bertz CT molecular complexity index is 508. The fraction of sp³-hybridized carbons (Fsp3) is 0.733. The molecule has 0 saturated carbocycles. The number of hydrogen-bond acceptors (Lipinski definition) is 4. The molecule has 0 spiro atoms. The first kappa shape index (κ1) is 17.2. The largest absolute Gasteiger partial charge is 0.352 e. The zero-order valence-electron chi connectivity index (χ0n) is 13.8. The van der Waals surface area contributed by atoms with Crippen molar-refractivity contribution in [2.75, 3.05) is 40.8 Å². The minimum absolute atomic E-state index is 0.0279. The lowest BCUT2D eigenvalue weighted by Crippen LogP contribution is -2.58. The van der Waals surface area contributed by atoms with E-state index in [2.05, 4.69) is 41.4 Å². The highest BCUT2D eigenvalue weighted by Gasteiger charge is 2.36.